The zero-order valence-corrected chi connectivity index (χ0v) is 14.8. The van der Waals surface area contributed by atoms with Crippen molar-refractivity contribution in [2.45, 2.75) is 51.0 Å². The third-order valence-corrected chi connectivity index (χ3v) is 5.22. The van der Waals surface area contributed by atoms with Gasteiger partial charge in [-0.3, -0.25) is 19.5 Å². The predicted molar refractivity (Wildman–Crippen MR) is 97.1 cm³/mol. The van der Waals surface area contributed by atoms with Crippen LogP contribution in [-0.4, -0.2) is 58.8 Å². The molecule has 0 spiro atoms. The van der Waals surface area contributed by atoms with Crippen molar-refractivity contribution in [3.63, 3.8) is 0 Å². The van der Waals surface area contributed by atoms with Crippen LogP contribution >= 0.6 is 0 Å². The molecule has 3 heterocycles. The summed E-state index contributed by atoms with van der Waals surface area (Å²) in [5.74, 6) is 0.338. The molecule has 2 aliphatic rings. The molecule has 2 saturated heterocycles. The van der Waals surface area contributed by atoms with E-state index in [4.69, 9.17) is 0 Å². The van der Waals surface area contributed by atoms with E-state index in [0.29, 0.717) is 24.8 Å². The van der Waals surface area contributed by atoms with Crippen molar-refractivity contribution in [3.8, 4) is 0 Å². The van der Waals surface area contributed by atoms with E-state index in [1.54, 1.807) is 12.4 Å². The molecule has 0 aliphatic carbocycles. The fourth-order valence-corrected chi connectivity index (χ4v) is 3.83. The second-order valence-corrected chi connectivity index (χ2v) is 7.00. The second kappa shape index (κ2) is 8.94. The van der Waals surface area contributed by atoms with Crippen molar-refractivity contribution in [1.82, 2.24) is 14.8 Å². The van der Waals surface area contributed by atoms with E-state index in [-0.39, 0.29) is 5.91 Å². The van der Waals surface area contributed by atoms with Gasteiger partial charge in [0.25, 0.3) is 0 Å². The van der Waals surface area contributed by atoms with Gasteiger partial charge in [-0.2, -0.15) is 0 Å². The Morgan fingerprint density at radius 1 is 1.24 bits per heavy atom. The molecule has 0 saturated carbocycles. The van der Waals surface area contributed by atoms with Crippen LogP contribution in [0.4, 0.5) is 5.69 Å². The van der Waals surface area contributed by atoms with E-state index in [2.05, 4.69) is 15.2 Å². The summed E-state index contributed by atoms with van der Waals surface area (Å²) in [6, 6.07) is 4.16. The number of carbonyl (C=O) groups excluding carboxylic acids is 2. The zero-order chi connectivity index (χ0) is 17.5. The van der Waals surface area contributed by atoms with E-state index in [1.165, 1.54) is 19.3 Å². The Balaban J connectivity index is 1.44. The van der Waals surface area contributed by atoms with Gasteiger partial charge in [-0.05, 0) is 44.4 Å². The van der Waals surface area contributed by atoms with E-state index in [0.717, 1.165) is 44.7 Å². The molecular formula is C19H28N4O2. The third-order valence-electron chi connectivity index (χ3n) is 5.22. The summed E-state index contributed by atoms with van der Waals surface area (Å²) in [4.78, 5) is 32.4. The van der Waals surface area contributed by atoms with Crippen LogP contribution in [0.3, 0.4) is 0 Å². The van der Waals surface area contributed by atoms with Gasteiger partial charge in [0.05, 0.1) is 11.9 Å². The minimum Gasteiger partial charge on any atom is -0.343 e. The van der Waals surface area contributed by atoms with Crippen LogP contribution in [0.1, 0.15) is 44.9 Å². The lowest BCUT2D eigenvalue weighted by Crippen LogP contribution is -2.43. The molecule has 0 bridgehead atoms. The van der Waals surface area contributed by atoms with Crippen molar-refractivity contribution < 1.29 is 9.59 Å². The Morgan fingerprint density at radius 3 is 2.92 bits per heavy atom. The summed E-state index contributed by atoms with van der Waals surface area (Å²) in [5, 5.41) is 2.90. The summed E-state index contributed by atoms with van der Waals surface area (Å²) in [6.07, 6.45) is 10.2. The minimum absolute atomic E-state index is 0.0343. The van der Waals surface area contributed by atoms with Gasteiger partial charge in [0.1, 0.15) is 0 Å². The number of likely N-dealkylation sites (tertiary alicyclic amines) is 2. The molecule has 2 aliphatic heterocycles. The molecule has 1 unspecified atom stereocenters. The largest absolute Gasteiger partial charge is 0.343 e. The molecule has 1 aromatic heterocycles. The maximum atomic E-state index is 12.2. The highest BCUT2D eigenvalue weighted by Gasteiger charge is 2.25. The number of hydrogen-bond donors (Lipinski definition) is 1. The highest BCUT2D eigenvalue weighted by atomic mass is 16.2. The van der Waals surface area contributed by atoms with E-state index in [1.807, 2.05) is 17.0 Å². The second-order valence-electron chi connectivity index (χ2n) is 7.00. The summed E-state index contributed by atoms with van der Waals surface area (Å²) in [5.41, 5.74) is 0.746. The first-order chi connectivity index (χ1) is 12.2. The van der Waals surface area contributed by atoms with Crippen LogP contribution in [0.2, 0.25) is 0 Å². The molecule has 2 amide bonds. The van der Waals surface area contributed by atoms with Crippen LogP contribution in [0.5, 0.6) is 0 Å². The lowest BCUT2D eigenvalue weighted by molar-refractivity contribution is -0.127. The molecule has 1 N–H and O–H groups in total. The number of piperidine rings is 1. The fourth-order valence-electron chi connectivity index (χ4n) is 3.83. The first-order valence-corrected chi connectivity index (χ1v) is 9.44. The summed E-state index contributed by atoms with van der Waals surface area (Å²) >= 11 is 0. The summed E-state index contributed by atoms with van der Waals surface area (Å²) < 4.78 is 0. The normalized spacial score (nSPS) is 21.5. The molecular weight excluding hydrogens is 316 g/mol. The Kier molecular flexibility index (Phi) is 6.39. The zero-order valence-electron chi connectivity index (χ0n) is 14.8. The Morgan fingerprint density at radius 2 is 2.16 bits per heavy atom. The molecule has 0 aromatic carbocycles. The maximum absolute atomic E-state index is 12.2. The number of aromatic nitrogens is 1. The van der Waals surface area contributed by atoms with Gasteiger partial charge >= 0.3 is 0 Å². The van der Waals surface area contributed by atoms with E-state index in [9.17, 15) is 9.59 Å². The highest BCUT2D eigenvalue weighted by Crippen LogP contribution is 2.21. The quantitative estimate of drug-likeness (QED) is 0.824. The Labute approximate surface area is 149 Å². The Hall–Kier alpha value is -1.95. The predicted octanol–water partition coefficient (Wildman–Crippen LogP) is 2.28. The van der Waals surface area contributed by atoms with Gasteiger partial charge in [0.15, 0.2) is 0 Å². The SMILES string of the molecule is O=C(CCN1CCCCC1CCN1CCCC1=O)Nc1cccnc1. The smallest absolute Gasteiger partial charge is 0.225 e. The van der Waals surface area contributed by atoms with Crippen LogP contribution in [-0.2, 0) is 9.59 Å². The van der Waals surface area contributed by atoms with Gasteiger partial charge in [-0.25, -0.2) is 0 Å². The van der Waals surface area contributed by atoms with Crippen LogP contribution in [0, 0.1) is 0 Å². The monoisotopic (exact) mass is 344 g/mol. The molecule has 0 radical (unpaired) electrons. The van der Waals surface area contributed by atoms with Crippen molar-refractivity contribution in [2.75, 3.05) is 31.5 Å². The fraction of sp³-hybridized carbons (Fsp3) is 0.632. The van der Waals surface area contributed by atoms with E-state index < -0.39 is 0 Å². The van der Waals surface area contributed by atoms with Gasteiger partial charge in [-0.15, -0.1) is 0 Å². The van der Waals surface area contributed by atoms with Crippen molar-refractivity contribution in [1.29, 1.82) is 0 Å². The molecule has 1 aromatic rings. The molecule has 2 fully saturated rings. The summed E-state index contributed by atoms with van der Waals surface area (Å²) in [6.45, 7) is 3.62. The number of rotatable bonds is 7. The maximum Gasteiger partial charge on any atom is 0.225 e. The Bertz CT molecular complexity index is 578. The van der Waals surface area contributed by atoms with Gasteiger partial charge in [0, 0.05) is 44.7 Å². The van der Waals surface area contributed by atoms with Crippen LogP contribution < -0.4 is 5.32 Å². The van der Waals surface area contributed by atoms with E-state index >= 15 is 0 Å². The molecule has 3 rings (SSSR count). The molecule has 25 heavy (non-hydrogen) atoms. The number of nitrogens with one attached hydrogen (secondary N) is 1. The molecule has 1 atom stereocenters. The van der Waals surface area contributed by atoms with Crippen LogP contribution in [0.15, 0.2) is 24.5 Å². The third kappa shape index (κ3) is 5.26. The molecule has 136 valence electrons. The van der Waals surface area contributed by atoms with Gasteiger partial charge in [-0.1, -0.05) is 6.42 Å². The minimum atomic E-state index is 0.0343. The van der Waals surface area contributed by atoms with Crippen molar-refractivity contribution in [2.24, 2.45) is 0 Å². The average molecular weight is 344 g/mol. The summed E-state index contributed by atoms with van der Waals surface area (Å²) in [7, 11) is 0. The standard InChI is InChI=1S/C19H28N4O2/c24-18(21-16-5-3-10-20-15-16)9-14-22-11-2-1-6-17(22)8-13-23-12-4-7-19(23)25/h3,5,10,15,17H,1-2,4,6-9,11-14H2,(H,21,24). The number of hydrogen-bond acceptors (Lipinski definition) is 4. The first kappa shape index (κ1) is 17.9. The van der Waals surface area contributed by atoms with Crippen molar-refractivity contribution in [3.05, 3.63) is 24.5 Å². The van der Waals surface area contributed by atoms with Gasteiger partial charge < -0.3 is 10.2 Å². The van der Waals surface area contributed by atoms with Crippen molar-refractivity contribution >= 4 is 17.5 Å². The molecule has 6 nitrogen and oxygen atoms in total. The van der Waals surface area contributed by atoms with Crippen LogP contribution in [0.25, 0.3) is 0 Å². The highest BCUT2D eigenvalue weighted by molar-refractivity contribution is 5.90. The number of amides is 2. The van der Waals surface area contributed by atoms with Gasteiger partial charge in [0.2, 0.25) is 11.8 Å². The first-order valence-electron chi connectivity index (χ1n) is 9.44. The lowest BCUT2D eigenvalue weighted by atomic mass is 9.99. The number of pyridine rings is 1. The topological polar surface area (TPSA) is 65.5 Å². The number of carbonyl (C=O) groups is 2. The average Bonchev–Trinajstić information content (AvgIpc) is 3.05. The number of anilines is 1. The lowest BCUT2D eigenvalue weighted by Gasteiger charge is -2.36. The molecule has 6 heteroatoms. The number of nitrogens with zero attached hydrogens (tertiary/aromatic N) is 3.